The van der Waals surface area contributed by atoms with Gasteiger partial charge in [-0.15, -0.1) is 0 Å². The van der Waals surface area contributed by atoms with Gasteiger partial charge in [-0.1, -0.05) is 20.8 Å². The molecular formula is C12H23N3O2S. The standard InChI is InChI=1S/C12H23N3O2S/c1-4-12(5-2,6-3)15-18(16,17)11-7-10(8-13)14-9-11/h7,9,14-15H,4-6,8,13H2,1-3H3. The van der Waals surface area contributed by atoms with Crippen molar-refractivity contribution in [2.24, 2.45) is 5.73 Å². The number of aromatic amines is 1. The van der Waals surface area contributed by atoms with Gasteiger partial charge in [-0.2, -0.15) is 0 Å². The van der Waals surface area contributed by atoms with E-state index in [1.165, 1.54) is 6.20 Å². The molecule has 0 aliphatic carbocycles. The van der Waals surface area contributed by atoms with Gasteiger partial charge in [0.25, 0.3) is 0 Å². The summed E-state index contributed by atoms with van der Waals surface area (Å²) >= 11 is 0. The van der Waals surface area contributed by atoms with Crippen molar-refractivity contribution in [1.29, 1.82) is 0 Å². The molecule has 104 valence electrons. The summed E-state index contributed by atoms with van der Waals surface area (Å²) in [6.45, 7) is 6.30. The van der Waals surface area contributed by atoms with Gasteiger partial charge >= 0.3 is 0 Å². The van der Waals surface area contributed by atoms with E-state index in [-0.39, 0.29) is 10.4 Å². The van der Waals surface area contributed by atoms with E-state index >= 15 is 0 Å². The SMILES string of the molecule is CCC(CC)(CC)NS(=O)(=O)c1c[nH]c(CN)c1. The van der Waals surface area contributed by atoms with Crippen LogP contribution in [-0.2, 0) is 16.6 Å². The third kappa shape index (κ3) is 3.13. The first-order valence-corrected chi connectivity index (χ1v) is 7.82. The van der Waals surface area contributed by atoms with Crippen molar-refractivity contribution in [1.82, 2.24) is 9.71 Å². The monoisotopic (exact) mass is 273 g/mol. The first-order valence-electron chi connectivity index (χ1n) is 6.34. The van der Waals surface area contributed by atoms with Gasteiger partial charge in [0.1, 0.15) is 0 Å². The van der Waals surface area contributed by atoms with Gasteiger partial charge in [-0.05, 0) is 25.3 Å². The number of aromatic nitrogens is 1. The molecule has 0 radical (unpaired) electrons. The zero-order valence-electron chi connectivity index (χ0n) is 11.3. The van der Waals surface area contributed by atoms with E-state index < -0.39 is 10.0 Å². The number of H-pyrrole nitrogens is 1. The van der Waals surface area contributed by atoms with Crippen LogP contribution in [-0.4, -0.2) is 18.9 Å². The van der Waals surface area contributed by atoms with Crippen LogP contribution in [0.2, 0.25) is 0 Å². The highest BCUT2D eigenvalue weighted by Gasteiger charge is 2.30. The van der Waals surface area contributed by atoms with Crippen LogP contribution in [0.25, 0.3) is 0 Å². The summed E-state index contributed by atoms with van der Waals surface area (Å²) in [5.41, 5.74) is 5.82. The number of nitrogens with one attached hydrogen (secondary N) is 2. The molecule has 1 heterocycles. The molecule has 0 aliphatic rings. The van der Waals surface area contributed by atoms with Gasteiger partial charge in [-0.25, -0.2) is 13.1 Å². The minimum absolute atomic E-state index is 0.252. The average Bonchev–Trinajstić information content (AvgIpc) is 2.85. The lowest BCUT2D eigenvalue weighted by molar-refractivity contribution is 0.341. The summed E-state index contributed by atoms with van der Waals surface area (Å²) < 4.78 is 27.4. The Bertz CT molecular complexity index is 467. The normalized spacial score (nSPS) is 12.9. The lowest BCUT2D eigenvalue weighted by Gasteiger charge is -2.31. The van der Waals surface area contributed by atoms with Crippen molar-refractivity contribution in [3.8, 4) is 0 Å². The summed E-state index contributed by atoms with van der Waals surface area (Å²) in [6, 6.07) is 1.58. The second-order valence-electron chi connectivity index (χ2n) is 4.51. The van der Waals surface area contributed by atoms with Gasteiger partial charge in [0, 0.05) is 24.0 Å². The Balaban J connectivity index is 3.00. The third-order valence-electron chi connectivity index (χ3n) is 3.63. The maximum Gasteiger partial charge on any atom is 0.242 e. The summed E-state index contributed by atoms with van der Waals surface area (Å²) in [5, 5.41) is 0. The Morgan fingerprint density at radius 2 is 1.83 bits per heavy atom. The van der Waals surface area contributed by atoms with Gasteiger partial charge in [-0.3, -0.25) is 0 Å². The molecule has 0 saturated carbocycles. The molecule has 0 aliphatic heterocycles. The molecule has 0 bridgehead atoms. The van der Waals surface area contributed by atoms with Crippen molar-refractivity contribution < 1.29 is 8.42 Å². The summed E-state index contributed by atoms with van der Waals surface area (Å²) in [6.07, 6.45) is 3.80. The number of nitrogens with two attached hydrogens (primary N) is 1. The molecule has 18 heavy (non-hydrogen) atoms. The van der Waals surface area contributed by atoms with Gasteiger partial charge in [0.2, 0.25) is 10.0 Å². The van der Waals surface area contributed by atoms with Crippen molar-refractivity contribution in [2.45, 2.75) is 57.0 Å². The Morgan fingerprint density at radius 3 is 2.22 bits per heavy atom. The first-order chi connectivity index (χ1) is 8.43. The molecule has 1 aromatic rings. The summed E-state index contributed by atoms with van der Waals surface area (Å²) in [7, 11) is -3.48. The molecule has 5 nitrogen and oxygen atoms in total. The number of hydrogen-bond donors (Lipinski definition) is 3. The maximum absolute atomic E-state index is 12.3. The van der Waals surface area contributed by atoms with Gasteiger partial charge in [0.05, 0.1) is 4.90 Å². The van der Waals surface area contributed by atoms with Crippen molar-refractivity contribution in [3.63, 3.8) is 0 Å². The fourth-order valence-corrected chi connectivity index (χ4v) is 3.63. The molecule has 0 saturated heterocycles. The topological polar surface area (TPSA) is 88.0 Å². The fourth-order valence-electron chi connectivity index (χ4n) is 2.00. The third-order valence-corrected chi connectivity index (χ3v) is 5.19. The molecule has 0 atom stereocenters. The van der Waals surface area contributed by atoms with Crippen molar-refractivity contribution in [3.05, 3.63) is 18.0 Å². The average molecular weight is 273 g/mol. The number of rotatable bonds is 7. The van der Waals surface area contributed by atoms with Crippen LogP contribution in [0.15, 0.2) is 17.2 Å². The smallest absolute Gasteiger partial charge is 0.242 e. The van der Waals surface area contributed by atoms with E-state index in [0.717, 1.165) is 19.3 Å². The molecule has 0 fully saturated rings. The zero-order chi connectivity index (χ0) is 13.8. The molecule has 6 heteroatoms. The lowest BCUT2D eigenvalue weighted by atomic mass is 9.91. The quantitative estimate of drug-likeness (QED) is 0.707. The lowest BCUT2D eigenvalue weighted by Crippen LogP contribution is -2.46. The van der Waals surface area contributed by atoms with Crippen LogP contribution in [0.5, 0.6) is 0 Å². The molecule has 1 aromatic heterocycles. The maximum atomic E-state index is 12.3. The Labute approximate surface area is 109 Å². The van der Waals surface area contributed by atoms with Crippen LogP contribution >= 0.6 is 0 Å². The van der Waals surface area contributed by atoms with Crippen LogP contribution in [0.3, 0.4) is 0 Å². The second kappa shape index (κ2) is 5.86. The Kier molecular flexibility index (Phi) is 4.95. The van der Waals surface area contributed by atoms with Crippen LogP contribution in [0.1, 0.15) is 45.7 Å². The molecule has 0 aromatic carbocycles. The number of sulfonamides is 1. The molecule has 0 amide bonds. The molecule has 0 unspecified atom stereocenters. The minimum Gasteiger partial charge on any atom is -0.363 e. The van der Waals surface area contributed by atoms with E-state index in [1.807, 2.05) is 20.8 Å². The van der Waals surface area contributed by atoms with Crippen LogP contribution < -0.4 is 10.5 Å². The summed E-state index contributed by atoms with van der Waals surface area (Å²) in [4.78, 5) is 3.11. The second-order valence-corrected chi connectivity index (χ2v) is 6.19. The number of hydrogen-bond acceptors (Lipinski definition) is 3. The van der Waals surface area contributed by atoms with Crippen LogP contribution in [0.4, 0.5) is 0 Å². The Morgan fingerprint density at radius 1 is 1.28 bits per heavy atom. The fraction of sp³-hybridized carbons (Fsp3) is 0.667. The van der Waals surface area contributed by atoms with E-state index in [0.29, 0.717) is 12.2 Å². The molecule has 4 N–H and O–H groups in total. The minimum atomic E-state index is -3.48. The Hall–Kier alpha value is -0.850. The predicted molar refractivity (Wildman–Crippen MR) is 72.6 cm³/mol. The highest BCUT2D eigenvalue weighted by molar-refractivity contribution is 7.89. The molecule has 0 spiro atoms. The largest absolute Gasteiger partial charge is 0.363 e. The highest BCUT2D eigenvalue weighted by Crippen LogP contribution is 2.23. The van der Waals surface area contributed by atoms with E-state index in [2.05, 4.69) is 9.71 Å². The molecular weight excluding hydrogens is 250 g/mol. The van der Waals surface area contributed by atoms with Crippen molar-refractivity contribution in [2.75, 3.05) is 0 Å². The van der Waals surface area contributed by atoms with E-state index in [4.69, 9.17) is 5.73 Å². The van der Waals surface area contributed by atoms with E-state index in [9.17, 15) is 8.42 Å². The van der Waals surface area contributed by atoms with Crippen molar-refractivity contribution >= 4 is 10.0 Å². The van der Waals surface area contributed by atoms with Gasteiger partial charge in [0.15, 0.2) is 0 Å². The summed E-state index contributed by atoms with van der Waals surface area (Å²) in [5.74, 6) is 0. The predicted octanol–water partition coefficient (Wildman–Crippen LogP) is 1.72. The first kappa shape index (κ1) is 15.2. The molecule has 1 rings (SSSR count). The van der Waals surface area contributed by atoms with Gasteiger partial charge < -0.3 is 10.7 Å². The highest BCUT2D eigenvalue weighted by atomic mass is 32.2. The van der Waals surface area contributed by atoms with Crippen LogP contribution in [0, 0.1) is 0 Å². The zero-order valence-corrected chi connectivity index (χ0v) is 12.1. The van der Waals surface area contributed by atoms with E-state index in [1.54, 1.807) is 6.07 Å².